The van der Waals surface area contributed by atoms with Crippen LogP contribution >= 0.6 is 0 Å². The zero-order chi connectivity index (χ0) is 15.3. The Morgan fingerprint density at radius 3 is 2.00 bits per heavy atom. The Labute approximate surface area is 117 Å². The molecule has 19 heavy (non-hydrogen) atoms. The smallest absolute Gasteiger partial charge is 0.231 e. The largest absolute Gasteiger partial charge is 0.379 e. The lowest BCUT2D eigenvalue weighted by Crippen LogP contribution is -2.58. The number of ketones is 1. The van der Waals surface area contributed by atoms with E-state index in [1.54, 1.807) is 0 Å². The van der Waals surface area contributed by atoms with Gasteiger partial charge in [-0.3, -0.25) is 9.59 Å². The van der Waals surface area contributed by atoms with Gasteiger partial charge in [0, 0.05) is 6.42 Å². The quantitative estimate of drug-likeness (QED) is 0.855. The van der Waals surface area contributed by atoms with Crippen molar-refractivity contribution >= 4 is 11.7 Å². The number of carbonyl (C=O) groups excluding carboxylic acids is 2. The number of nitrogens with one attached hydrogen (secondary N) is 1. The maximum atomic E-state index is 12.1. The highest BCUT2D eigenvalue weighted by Gasteiger charge is 2.43. The minimum atomic E-state index is -0.461. The molecule has 4 heteroatoms. The minimum Gasteiger partial charge on any atom is -0.379 e. The minimum absolute atomic E-state index is 0.0783. The van der Waals surface area contributed by atoms with Crippen molar-refractivity contribution in [1.29, 1.82) is 0 Å². The van der Waals surface area contributed by atoms with Crippen molar-refractivity contribution in [3.05, 3.63) is 0 Å². The first kappa shape index (κ1) is 18.1. The van der Waals surface area contributed by atoms with Crippen LogP contribution in [-0.2, 0) is 14.3 Å². The van der Waals surface area contributed by atoms with Crippen LogP contribution in [0.25, 0.3) is 0 Å². The van der Waals surface area contributed by atoms with Crippen LogP contribution in [0.15, 0.2) is 0 Å². The molecule has 1 atom stereocenters. The average Bonchev–Trinajstić information content (AvgIpc) is 2.32. The summed E-state index contributed by atoms with van der Waals surface area (Å²) in [5.74, 6) is 0.000154. The van der Waals surface area contributed by atoms with Gasteiger partial charge in [-0.15, -0.1) is 0 Å². The second kappa shape index (κ2) is 7.04. The van der Waals surface area contributed by atoms with E-state index in [2.05, 4.69) is 5.32 Å². The number of hydrogen-bond donors (Lipinski definition) is 1. The second-order valence-corrected chi connectivity index (χ2v) is 6.15. The molecule has 0 aliphatic carbocycles. The molecule has 1 rings (SSSR count). The molecule has 1 aliphatic heterocycles. The van der Waals surface area contributed by atoms with Crippen molar-refractivity contribution in [2.45, 2.75) is 60.9 Å². The Kier molecular flexibility index (Phi) is 6.70. The molecule has 4 nitrogen and oxygen atoms in total. The molecule has 0 radical (unpaired) electrons. The summed E-state index contributed by atoms with van der Waals surface area (Å²) in [6, 6.07) is -0.419. The molecular formula is C15H29NO3. The van der Waals surface area contributed by atoms with E-state index in [9.17, 15) is 9.59 Å². The molecule has 1 aliphatic rings. The third kappa shape index (κ3) is 4.60. The molecule has 0 bridgehead atoms. The molecule has 0 spiro atoms. The van der Waals surface area contributed by atoms with E-state index >= 15 is 0 Å². The van der Waals surface area contributed by atoms with Crippen LogP contribution in [0, 0.1) is 10.8 Å². The lowest BCUT2D eigenvalue weighted by Gasteiger charge is -2.39. The summed E-state index contributed by atoms with van der Waals surface area (Å²) in [5, 5.41) is 2.88. The van der Waals surface area contributed by atoms with Gasteiger partial charge < -0.3 is 10.1 Å². The lowest BCUT2D eigenvalue weighted by atomic mass is 9.81. The van der Waals surface area contributed by atoms with Crippen LogP contribution in [0.3, 0.4) is 0 Å². The second-order valence-electron chi connectivity index (χ2n) is 6.15. The Bertz CT molecular complexity index is 314. The molecule has 0 aromatic heterocycles. The summed E-state index contributed by atoms with van der Waals surface area (Å²) in [4.78, 5) is 24.0. The van der Waals surface area contributed by atoms with Gasteiger partial charge in [-0.25, -0.2) is 0 Å². The van der Waals surface area contributed by atoms with Gasteiger partial charge in [0.2, 0.25) is 5.91 Å². The fraction of sp³-hybridized carbons (Fsp3) is 0.867. The van der Waals surface area contributed by atoms with Gasteiger partial charge in [0.05, 0.1) is 24.7 Å². The van der Waals surface area contributed by atoms with E-state index in [1.807, 2.05) is 48.5 Å². The van der Waals surface area contributed by atoms with Crippen molar-refractivity contribution < 1.29 is 14.3 Å². The fourth-order valence-corrected chi connectivity index (χ4v) is 1.83. The SMILES string of the molecule is CC.CCC(=O)C(NC(=O)C1(C)COC1)C(C)(C)C. The predicted molar refractivity (Wildman–Crippen MR) is 77.0 cm³/mol. The molecule has 1 heterocycles. The number of hydrogen-bond acceptors (Lipinski definition) is 3. The van der Waals surface area contributed by atoms with Crippen molar-refractivity contribution in [1.82, 2.24) is 5.32 Å². The van der Waals surface area contributed by atoms with E-state index < -0.39 is 11.5 Å². The molecule has 0 aromatic rings. The molecular weight excluding hydrogens is 242 g/mol. The predicted octanol–water partition coefficient (Wildman–Crippen LogP) is 2.56. The van der Waals surface area contributed by atoms with Crippen LogP contribution in [0.1, 0.15) is 54.9 Å². The van der Waals surface area contributed by atoms with Gasteiger partial charge in [0.25, 0.3) is 0 Å². The molecule has 0 saturated carbocycles. The first-order valence-corrected chi connectivity index (χ1v) is 7.12. The lowest BCUT2D eigenvalue weighted by molar-refractivity contribution is -0.160. The normalized spacial score (nSPS) is 18.5. The topological polar surface area (TPSA) is 55.4 Å². The number of Topliss-reactive ketones (excluding diaryl/α,β-unsaturated/α-hetero) is 1. The third-order valence-corrected chi connectivity index (χ3v) is 3.20. The van der Waals surface area contributed by atoms with Crippen LogP contribution in [0.5, 0.6) is 0 Å². The monoisotopic (exact) mass is 271 g/mol. The van der Waals surface area contributed by atoms with E-state index in [0.29, 0.717) is 19.6 Å². The maximum absolute atomic E-state index is 12.1. The molecule has 0 aromatic carbocycles. The molecule has 112 valence electrons. The van der Waals surface area contributed by atoms with Gasteiger partial charge in [-0.1, -0.05) is 41.5 Å². The van der Waals surface area contributed by atoms with Crippen molar-refractivity contribution in [2.24, 2.45) is 10.8 Å². The summed E-state index contributed by atoms with van der Waals surface area (Å²) < 4.78 is 5.07. The summed E-state index contributed by atoms with van der Waals surface area (Å²) >= 11 is 0. The van der Waals surface area contributed by atoms with Gasteiger partial charge in [-0.2, -0.15) is 0 Å². The zero-order valence-electron chi connectivity index (χ0n) is 13.4. The van der Waals surface area contributed by atoms with Crippen LogP contribution < -0.4 is 5.32 Å². The van der Waals surface area contributed by atoms with Crippen molar-refractivity contribution in [2.75, 3.05) is 13.2 Å². The Morgan fingerprint density at radius 1 is 1.26 bits per heavy atom. The van der Waals surface area contributed by atoms with Crippen molar-refractivity contribution in [3.8, 4) is 0 Å². The first-order chi connectivity index (χ1) is 8.70. The average molecular weight is 271 g/mol. The zero-order valence-corrected chi connectivity index (χ0v) is 13.4. The fourth-order valence-electron chi connectivity index (χ4n) is 1.83. The van der Waals surface area contributed by atoms with Gasteiger partial charge in [0.1, 0.15) is 0 Å². The van der Waals surface area contributed by atoms with Crippen molar-refractivity contribution in [3.63, 3.8) is 0 Å². The highest BCUT2D eigenvalue weighted by atomic mass is 16.5. The number of amides is 1. The molecule has 1 amide bonds. The molecule has 1 N–H and O–H groups in total. The van der Waals surface area contributed by atoms with Gasteiger partial charge in [-0.05, 0) is 12.3 Å². The Balaban J connectivity index is 0.00000154. The Morgan fingerprint density at radius 2 is 1.74 bits per heavy atom. The van der Waals surface area contributed by atoms with Crippen LogP contribution in [-0.4, -0.2) is 30.9 Å². The maximum Gasteiger partial charge on any atom is 0.231 e. The molecule has 1 unspecified atom stereocenters. The Hall–Kier alpha value is -0.900. The molecule has 1 saturated heterocycles. The standard InChI is InChI=1S/C13H23NO3.C2H6/c1-6-9(15)10(12(2,3)4)14-11(16)13(5)7-17-8-13;1-2/h10H,6-8H2,1-5H3,(H,14,16);1-2H3. The summed E-state index contributed by atoms with van der Waals surface area (Å²) in [5.41, 5.74) is -0.721. The summed E-state index contributed by atoms with van der Waals surface area (Å²) in [6.07, 6.45) is 0.440. The van der Waals surface area contributed by atoms with Crippen LogP contribution in [0.4, 0.5) is 0 Å². The van der Waals surface area contributed by atoms with E-state index in [1.165, 1.54) is 0 Å². The first-order valence-electron chi connectivity index (χ1n) is 7.12. The summed E-state index contributed by atoms with van der Waals surface area (Å²) in [6.45, 7) is 14.5. The number of carbonyl (C=O) groups is 2. The van der Waals surface area contributed by atoms with Crippen LogP contribution in [0.2, 0.25) is 0 Å². The van der Waals surface area contributed by atoms with E-state index in [0.717, 1.165) is 0 Å². The van der Waals surface area contributed by atoms with Gasteiger partial charge in [0.15, 0.2) is 5.78 Å². The third-order valence-electron chi connectivity index (χ3n) is 3.20. The summed E-state index contributed by atoms with van der Waals surface area (Å²) in [7, 11) is 0. The molecule has 1 fully saturated rings. The van der Waals surface area contributed by atoms with E-state index in [4.69, 9.17) is 4.74 Å². The van der Waals surface area contributed by atoms with Gasteiger partial charge >= 0.3 is 0 Å². The number of ether oxygens (including phenoxy) is 1. The number of rotatable bonds is 4. The van der Waals surface area contributed by atoms with E-state index in [-0.39, 0.29) is 17.1 Å². The highest BCUT2D eigenvalue weighted by Crippen LogP contribution is 2.28. The highest BCUT2D eigenvalue weighted by molar-refractivity contribution is 5.91.